The Morgan fingerprint density at radius 2 is 2.29 bits per heavy atom. The molecule has 1 aliphatic rings. The fourth-order valence-electron chi connectivity index (χ4n) is 3.02. The molecule has 1 fully saturated rings. The smallest absolute Gasteiger partial charge is 0.129 e. The fourth-order valence-corrected chi connectivity index (χ4v) is 3.02. The van der Waals surface area contributed by atoms with Crippen molar-refractivity contribution >= 4 is 0 Å². The van der Waals surface area contributed by atoms with Crippen molar-refractivity contribution < 1.29 is 9.15 Å². The molecule has 3 nitrogen and oxygen atoms in total. The molecular weight excluding hydrogens is 214 g/mol. The van der Waals surface area contributed by atoms with Crippen LogP contribution in [0.3, 0.4) is 0 Å². The van der Waals surface area contributed by atoms with Crippen LogP contribution in [-0.2, 0) is 11.3 Å². The Morgan fingerprint density at radius 3 is 2.88 bits per heavy atom. The number of methoxy groups -OCH3 is 1. The van der Waals surface area contributed by atoms with Gasteiger partial charge in [0.2, 0.25) is 0 Å². The van der Waals surface area contributed by atoms with E-state index in [-0.39, 0.29) is 0 Å². The second-order valence-corrected chi connectivity index (χ2v) is 5.08. The molecule has 0 spiro atoms. The van der Waals surface area contributed by atoms with Gasteiger partial charge in [0.05, 0.1) is 6.04 Å². The Labute approximate surface area is 104 Å². The average Bonchev–Trinajstić information content (AvgIpc) is 2.92. The summed E-state index contributed by atoms with van der Waals surface area (Å²) in [7, 11) is 3.71. The van der Waals surface area contributed by atoms with E-state index < -0.39 is 0 Å². The molecule has 2 rings (SSSR count). The van der Waals surface area contributed by atoms with Gasteiger partial charge in [-0.2, -0.15) is 0 Å². The highest BCUT2D eigenvalue weighted by atomic mass is 16.5. The van der Waals surface area contributed by atoms with Gasteiger partial charge in [-0.1, -0.05) is 19.8 Å². The molecule has 1 heterocycles. The zero-order valence-electron chi connectivity index (χ0n) is 11.0. The normalized spacial score (nSPS) is 26.3. The monoisotopic (exact) mass is 237 g/mol. The Hall–Kier alpha value is -0.800. The number of nitrogens with one attached hydrogen (secondary N) is 1. The molecule has 0 aromatic carbocycles. The summed E-state index contributed by atoms with van der Waals surface area (Å²) in [6, 6.07) is 4.45. The highest BCUT2D eigenvalue weighted by molar-refractivity contribution is 5.12. The molecule has 96 valence electrons. The summed E-state index contributed by atoms with van der Waals surface area (Å²) in [5, 5.41) is 3.41. The first-order chi connectivity index (χ1) is 8.26. The number of furan rings is 1. The Balaban J connectivity index is 2.10. The number of hydrogen-bond acceptors (Lipinski definition) is 3. The van der Waals surface area contributed by atoms with Crippen molar-refractivity contribution in [2.75, 3.05) is 14.2 Å². The maximum Gasteiger partial charge on any atom is 0.129 e. The van der Waals surface area contributed by atoms with Crippen LogP contribution in [0, 0.1) is 11.8 Å². The first kappa shape index (κ1) is 12.7. The van der Waals surface area contributed by atoms with Gasteiger partial charge in [0, 0.05) is 7.11 Å². The summed E-state index contributed by atoms with van der Waals surface area (Å²) in [5.41, 5.74) is 0. The zero-order chi connectivity index (χ0) is 12.3. The van der Waals surface area contributed by atoms with Crippen LogP contribution in [0.1, 0.15) is 43.7 Å². The minimum Gasteiger partial charge on any atom is -0.462 e. The summed E-state index contributed by atoms with van der Waals surface area (Å²) in [5.74, 6) is 3.44. The molecule has 0 radical (unpaired) electrons. The lowest BCUT2D eigenvalue weighted by atomic mass is 9.89. The van der Waals surface area contributed by atoms with Crippen LogP contribution in [0.2, 0.25) is 0 Å². The van der Waals surface area contributed by atoms with Gasteiger partial charge >= 0.3 is 0 Å². The molecule has 0 aliphatic heterocycles. The minimum atomic E-state index is 0.345. The molecule has 0 amide bonds. The van der Waals surface area contributed by atoms with E-state index in [1.54, 1.807) is 7.11 Å². The third kappa shape index (κ3) is 2.72. The number of rotatable bonds is 5. The summed E-state index contributed by atoms with van der Waals surface area (Å²) in [6.45, 7) is 2.90. The van der Waals surface area contributed by atoms with Crippen LogP contribution < -0.4 is 5.32 Å². The molecule has 3 heteroatoms. The second kappa shape index (κ2) is 5.69. The van der Waals surface area contributed by atoms with Gasteiger partial charge in [-0.05, 0) is 37.4 Å². The molecule has 1 N–H and O–H groups in total. The van der Waals surface area contributed by atoms with E-state index in [2.05, 4.69) is 18.3 Å². The van der Waals surface area contributed by atoms with Gasteiger partial charge in [0.15, 0.2) is 0 Å². The van der Waals surface area contributed by atoms with Crippen molar-refractivity contribution in [1.29, 1.82) is 0 Å². The lowest BCUT2D eigenvalue weighted by molar-refractivity contribution is 0.159. The van der Waals surface area contributed by atoms with E-state index in [1.807, 2.05) is 13.1 Å². The molecule has 1 aromatic heterocycles. The molecule has 1 saturated carbocycles. The van der Waals surface area contributed by atoms with Crippen molar-refractivity contribution in [3.8, 4) is 0 Å². The molecule has 0 bridgehead atoms. The molecule has 1 aliphatic carbocycles. The van der Waals surface area contributed by atoms with E-state index in [1.165, 1.54) is 19.3 Å². The van der Waals surface area contributed by atoms with Gasteiger partial charge < -0.3 is 14.5 Å². The second-order valence-electron chi connectivity index (χ2n) is 5.08. The molecule has 3 unspecified atom stereocenters. The van der Waals surface area contributed by atoms with Crippen molar-refractivity contribution in [2.24, 2.45) is 11.8 Å². The molecule has 0 saturated heterocycles. The van der Waals surface area contributed by atoms with Crippen LogP contribution >= 0.6 is 0 Å². The maximum absolute atomic E-state index is 5.85. The largest absolute Gasteiger partial charge is 0.462 e. The van der Waals surface area contributed by atoms with Gasteiger partial charge in [0.25, 0.3) is 0 Å². The Morgan fingerprint density at radius 1 is 1.47 bits per heavy atom. The summed E-state index contributed by atoms with van der Waals surface area (Å²) in [6.07, 6.45) is 3.98. The van der Waals surface area contributed by atoms with Crippen LogP contribution in [0.4, 0.5) is 0 Å². The standard InChI is InChI=1S/C14H23NO2/c1-10-5-4-6-12(10)14(15-2)13-8-7-11(17-13)9-16-3/h7-8,10,12,14-15H,4-6,9H2,1-3H3. The average molecular weight is 237 g/mol. The van der Waals surface area contributed by atoms with Gasteiger partial charge in [-0.25, -0.2) is 0 Å². The summed E-state index contributed by atoms with van der Waals surface area (Å²) < 4.78 is 10.9. The highest BCUT2D eigenvalue weighted by Gasteiger charge is 2.32. The quantitative estimate of drug-likeness (QED) is 0.854. The third-order valence-electron chi connectivity index (χ3n) is 3.94. The van der Waals surface area contributed by atoms with E-state index in [0.29, 0.717) is 18.6 Å². The van der Waals surface area contributed by atoms with Crippen molar-refractivity contribution in [2.45, 2.75) is 38.8 Å². The van der Waals surface area contributed by atoms with Crippen LogP contribution in [-0.4, -0.2) is 14.2 Å². The SMILES string of the molecule is CNC(c1ccc(COC)o1)C1CCCC1C. The summed E-state index contributed by atoms with van der Waals surface area (Å²) in [4.78, 5) is 0. The van der Waals surface area contributed by atoms with Crippen molar-refractivity contribution in [3.05, 3.63) is 23.7 Å². The Kier molecular flexibility index (Phi) is 4.24. The zero-order valence-corrected chi connectivity index (χ0v) is 11.0. The van der Waals surface area contributed by atoms with E-state index in [0.717, 1.165) is 17.4 Å². The Bertz CT molecular complexity index is 348. The molecule has 17 heavy (non-hydrogen) atoms. The maximum atomic E-state index is 5.85. The number of hydrogen-bond donors (Lipinski definition) is 1. The molecule has 1 aromatic rings. The molecular formula is C14H23NO2. The van der Waals surface area contributed by atoms with Crippen molar-refractivity contribution in [1.82, 2.24) is 5.32 Å². The van der Waals surface area contributed by atoms with E-state index in [9.17, 15) is 0 Å². The fraction of sp³-hybridized carbons (Fsp3) is 0.714. The minimum absolute atomic E-state index is 0.345. The topological polar surface area (TPSA) is 34.4 Å². The molecule has 3 atom stereocenters. The van der Waals surface area contributed by atoms with Gasteiger partial charge in [0.1, 0.15) is 18.1 Å². The van der Waals surface area contributed by atoms with Crippen LogP contribution in [0.25, 0.3) is 0 Å². The van der Waals surface area contributed by atoms with E-state index >= 15 is 0 Å². The first-order valence-corrected chi connectivity index (χ1v) is 6.51. The lowest BCUT2D eigenvalue weighted by Gasteiger charge is -2.24. The number of ether oxygens (including phenoxy) is 1. The van der Waals surface area contributed by atoms with Gasteiger partial charge in [-0.3, -0.25) is 0 Å². The predicted molar refractivity (Wildman–Crippen MR) is 67.7 cm³/mol. The first-order valence-electron chi connectivity index (χ1n) is 6.51. The lowest BCUT2D eigenvalue weighted by Crippen LogP contribution is -2.26. The highest BCUT2D eigenvalue weighted by Crippen LogP contribution is 2.40. The van der Waals surface area contributed by atoms with Crippen LogP contribution in [0.5, 0.6) is 0 Å². The van der Waals surface area contributed by atoms with Crippen LogP contribution in [0.15, 0.2) is 16.5 Å². The van der Waals surface area contributed by atoms with Gasteiger partial charge in [-0.15, -0.1) is 0 Å². The van der Waals surface area contributed by atoms with E-state index in [4.69, 9.17) is 9.15 Å². The summed E-state index contributed by atoms with van der Waals surface area (Å²) >= 11 is 0. The third-order valence-corrected chi connectivity index (χ3v) is 3.94. The predicted octanol–water partition coefficient (Wildman–Crippen LogP) is 3.12. The van der Waals surface area contributed by atoms with Crippen molar-refractivity contribution in [3.63, 3.8) is 0 Å².